The lowest BCUT2D eigenvalue weighted by molar-refractivity contribution is -0.149. The van der Waals surface area contributed by atoms with E-state index in [1.807, 2.05) is 24.9 Å². The van der Waals surface area contributed by atoms with Crippen LogP contribution >= 0.6 is 11.8 Å². The number of thioether (sulfide) groups is 1. The van der Waals surface area contributed by atoms with E-state index in [0.717, 1.165) is 18.5 Å². The molecule has 4 heteroatoms. The van der Waals surface area contributed by atoms with Crippen molar-refractivity contribution in [2.45, 2.75) is 36.7 Å². The van der Waals surface area contributed by atoms with E-state index in [-0.39, 0.29) is 16.6 Å². The van der Waals surface area contributed by atoms with Crippen LogP contribution in [0.5, 0.6) is 0 Å². The van der Waals surface area contributed by atoms with E-state index in [2.05, 4.69) is 30.1 Å². The van der Waals surface area contributed by atoms with E-state index in [0.29, 0.717) is 17.8 Å². The van der Waals surface area contributed by atoms with Crippen molar-refractivity contribution in [2.24, 2.45) is 16.8 Å². The molecule has 102 valence electrons. The third-order valence-electron chi connectivity index (χ3n) is 4.33. The number of carbonyl (C=O) groups excluding carboxylic acids is 1. The molecule has 3 rings (SSSR count). The van der Waals surface area contributed by atoms with Crippen LogP contribution in [0.3, 0.4) is 0 Å². The first-order chi connectivity index (χ1) is 9.19. The standard InChI is InChI=1S/C15H19NO2S/c1-3-18-14(17)13-10(2)19-15-8-5-4-6-12(15)16-9-7-11(13)15/h4-6,9-11,13H,3,7-8H2,1-2H3. The van der Waals surface area contributed by atoms with Crippen molar-refractivity contribution in [3.8, 4) is 0 Å². The number of carbonyl (C=O) groups is 1. The summed E-state index contributed by atoms with van der Waals surface area (Å²) >= 11 is 1.91. The number of aliphatic imine (C=N–C) groups is 1. The van der Waals surface area contributed by atoms with Crippen LogP contribution in [0.2, 0.25) is 0 Å². The number of hydrogen-bond acceptors (Lipinski definition) is 4. The topological polar surface area (TPSA) is 38.7 Å². The Morgan fingerprint density at radius 3 is 3.26 bits per heavy atom. The predicted molar refractivity (Wildman–Crippen MR) is 78.3 cm³/mol. The lowest BCUT2D eigenvalue weighted by Crippen LogP contribution is -2.41. The molecular weight excluding hydrogens is 258 g/mol. The molecule has 0 aromatic rings. The molecule has 0 saturated carbocycles. The highest BCUT2D eigenvalue weighted by Gasteiger charge is 2.58. The molecule has 1 spiro atoms. The second-order valence-corrected chi connectivity index (χ2v) is 7.04. The molecule has 1 saturated heterocycles. The molecule has 19 heavy (non-hydrogen) atoms. The van der Waals surface area contributed by atoms with Crippen LogP contribution in [0.4, 0.5) is 0 Å². The van der Waals surface area contributed by atoms with Crippen LogP contribution < -0.4 is 0 Å². The van der Waals surface area contributed by atoms with Gasteiger partial charge >= 0.3 is 5.97 Å². The molecule has 4 unspecified atom stereocenters. The van der Waals surface area contributed by atoms with Crippen molar-refractivity contribution in [1.29, 1.82) is 0 Å². The molecule has 1 aliphatic carbocycles. The monoisotopic (exact) mass is 277 g/mol. The van der Waals surface area contributed by atoms with Crippen LogP contribution in [0, 0.1) is 11.8 Å². The van der Waals surface area contributed by atoms with Crippen LogP contribution in [0.25, 0.3) is 0 Å². The molecular formula is C15H19NO2S. The fourth-order valence-electron chi connectivity index (χ4n) is 3.56. The quantitative estimate of drug-likeness (QED) is 0.728. The Balaban J connectivity index is 1.96. The molecule has 3 nitrogen and oxygen atoms in total. The first-order valence-corrected chi connectivity index (χ1v) is 7.81. The van der Waals surface area contributed by atoms with Gasteiger partial charge in [0.25, 0.3) is 0 Å². The fraction of sp³-hybridized carbons (Fsp3) is 0.600. The van der Waals surface area contributed by atoms with Crippen LogP contribution in [-0.4, -0.2) is 28.8 Å². The second-order valence-electron chi connectivity index (χ2n) is 5.33. The summed E-state index contributed by atoms with van der Waals surface area (Å²) in [4.78, 5) is 16.8. The molecule has 2 heterocycles. The van der Waals surface area contributed by atoms with Crippen LogP contribution in [-0.2, 0) is 9.53 Å². The first-order valence-electron chi connectivity index (χ1n) is 6.93. The third-order valence-corrected chi connectivity index (χ3v) is 6.09. The third kappa shape index (κ3) is 1.88. The van der Waals surface area contributed by atoms with Gasteiger partial charge in [0.1, 0.15) is 0 Å². The maximum Gasteiger partial charge on any atom is 0.310 e. The van der Waals surface area contributed by atoms with Gasteiger partial charge in [-0.1, -0.05) is 19.1 Å². The van der Waals surface area contributed by atoms with Crippen molar-refractivity contribution in [3.63, 3.8) is 0 Å². The SMILES string of the molecule is CCOC(=O)C1C(C)SC23CC=CC=C2N=CCC13. The molecule has 0 aromatic heterocycles. The number of esters is 1. The van der Waals surface area contributed by atoms with Gasteiger partial charge in [0.2, 0.25) is 0 Å². The molecule has 0 aromatic carbocycles. The second kappa shape index (κ2) is 4.82. The van der Waals surface area contributed by atoms with Crippen molar-refractivity contribution in [3.05, 3.63) is 23.9 Å². The van der Waals surface area contributed by atoms with Crippen molar-refractivity contribution in [2.75, 3.05) is 6.61 Å². The Bertz CT molecular complexity index is 483. The van der Waals surface area contributed by atoms with E-state index in [9.17, 15) is 4.79 Å². The van der Waals surface area contributed by atoms with Crippen molar-refractivity contribution < 1.29 is 9.53 Å². The molecule has 3 aliphatic rings. The summed E-state index contributed by atoms with van der Waals surface area (Å²) in [5.74, 6) is 0.278. The molecule has 0 radical (unpaired) electrons. The van der Waals surface area contributed by atoms with E-state index in [1.165, 1.54) is 0 Å². The van der Waals surface area contributed by atoms with Crippen LogP contribution in [0.1, 0.15) is 26.7 Å². The summed E-state index contributed by atoms with van der Waals surface area (Å²) in [6.45, 7) is 4.48. The summed E-state index contributed by atoms with van der Waals surface area (Å²) in [5, 5.41) is 0.292. The zero-order chi connectivity index (χ0) is 13.5. The highest BCUT2D eigenvalue weighted by molar-refractivity contribution is 8.01. The first kappa shape index (κ1) is 13.0. The van der Waals surface area contributed by atoms with E-state index < -0.39 is 0 Å². The molecule has 0 bridgehead atoms. The Morgan fingerprint density at radius 1 is 1.63 bits per heavy atom. The number of rotatable bonds is 2. The molecule has 0 amide bonds. The van der Waals surface area contributed by atoms with E-state index >= 15 is 0 Å². The van der Waals surface area contributed by atoms with Gasteiger partial charge in [-0.3, -0.25) is 9.79 Å². The van der Waals surface area contributed by atoms with E-state index in [4.69, 9.17) is 4.74 Å². The number of ether oxygens (including phenoxy) is 1. The minimum Gasteiger partial charge on any atom is -0.466 e. The maximum atomic E-state index is 12.3. The van der Waals surface area contributed by atoms with Gasteiger partial charge in [-0.25, -0.2) is 0 Å². The summed E-state index contributed by atoms with van der Waals surface area (Å²) < 4.78 is 5.29. The minimum absolute atomic E-state index is 0.000342. The van der Waals surface area contributed by atoms with Gasteiger partial charge in [-0.15, -0.1) is 11.8 Å². The molecule has 2 aliphatic heterocycles. The average molecular weight is 277 g/mol. The number of nitrogens with zero attached hydrogens (tertiary/aromatic N) is 1. The highest BCUT2D eigenvalue weighted by atomic mass is 32.2. The van der Waals surface area contributed by atoms with Gasteiger partial charge in [-0.2, -0.15) is 0 Å². The lowest BCUT2D eigenvalue weighted by Gasteiger charge is -2.39. The highest BCUT2D eigenvalue weighted by Crippen LogP contribution is 2.60. The van der Waals surface area contributed by atoms with Gasteiger partial charge in [0, 0.05) is 11.5 Å². The fourth-order valence-corrected chi connectivity index (χ4v) is 5.52. The summed E-state index contributed by atoms with van der Waals surface area (Å²) in [6, 6.07) is 0. The Hall–Kier alpha value is -1.03. The molecule has 1 fully saturated rings. The van der Waals surface area contributed by atoms with Gasteiger partial charge < -0.3 is 4.74 Å². The normalized spacial score (nSPS) is 39.5. The van der Waals surface area contributed by atoms with E-state index in [1.54, 1.807) is 0 Å². The zero-order valence-electron chi connectivity index (χ0n) is 11.3. The largest absolute Gasteiger partial charge is 0.466 e. The average Bonchev–Trinajstić information content (AvgIpc) is 2.68. The Labute approximate surface area is 118 Å². The number of hydrogen-bond donors (Lipinski definition) is 0. The van der Waals surface area contributed by atoms with Crippen molar-refractivity contribution >= 4 is 23.9 Å². The summed E-state index contributed by atoms with van der Waals surface area (Å²) in [5.41, 5.74) is 1.13. The zero-order valence-corrected chi connectivity index (χ0v) is 12.2. The van der Waals surface area contributed by atoms with Gasteiger partial charge in [0.05, 0.1) is 23.0 Å². The van der Waals surface area contributed by atoms with Crippen molar-refractivity contribution in [1.82, 2.24) is 0 Å². The smallest absolute Gasteiger partial charge is 0.310 e. The van der Waals surface area contributed by atoms with Crippen LogP contribution in [0.15, 0.2) is 28.9 Å². The predicted octanol–water partition coefficient (Wildman–Crippen LogP) is 2.97. The maximum absolute atomic E-state index is 12.3. The molecule has 4 atom stereocenters. The lowest BCUT2D eigenvalue weighted by atomic mass is 9.72. The summed E-state index contributed by atoms with van der Waals surface area (Å²) in [6.07, 6.45) is 10.2. The Kier molecular flexibility index (Phi) is 3.29. The minimum atomic E-state index is -0.0337. The number of allylic oxidation sites excluding steroid dienone is 3. The Morgan fingerprint density at radius 2 is 2.47 bits per heavy atom. The summed E-state index contributed by atoms with van der Waals surface area (Å²) in [7, 11) is 0. The van der Waals surface area contributed by atoms with Gasteiger partial charge in [0.15, 0.2) is 0 Å². The molecule has 0 N–H and O–H groups in total. The van der Waals surface area contributed by atoms with Gasteiger partial charge in [-0.05, 0) is 31.8 Å².